The van der Waals surface area contributed by atoms with Crippen LogP contribution in [0, 0.1) is 11.3 Å². The number of aromatic nitrogens is 1. The highest BCUT2D eigenvalue weighted by molar-refractivity contribution is 6.01. The van der Waals surface area contributed by atoms with Crippen LogP contribution in [0.25, 0.3) is 11.1 Å². The van der Waals surface area contributed by atoms with E-state index in [1.165, 1.54) is 6.07 Å². The molecule has 33 heavy (non-hydrogen) atoms. The zero-order valence-corrected chi connectivity index (χ0v) is 17.7. The average Bonchev–Trinajstić information content (AvgIpc) is 3.09. The van der Waals surface area contributed by atoms with E-state index in [1.807, 2.05) is 29.2 Å². The molecule has 0 aliphatic carbocycles. The number of carbonyl (C=O) groups is 1. The number of halogens is 3. The van der Waals surface area contributed by atoms with Gasteiger partial charge in [-0.2, -0.15) is 18.4 Å². The molecule has 1 aliphatic rings. The first-order valence-electron chi connectivity index (χ1n) is 10.5. The molecule has 0 bridgehead atoms. The molecule has 3 aromatic rings. The van der Waals surface area contributed by atoms with Crippen LogP contribution in [0.1, 0.15) is 27.9 Å². The first-order valence-corrected chi connectivity index (χ1v) is 10.5. The van der Waals surface area contributed by atoms with E-state index in [1.54, 1.807) is 29.2 Å². The fourth-order valence-electron chi connectivity index (χ4n) is 3.98. The third kappa shape index (κ3) is 4.82. The van der Waals surface area contributed by atoms with Crippen molar-refractivity contribution < 1.29 is 18.0 Å². The Labute approximate surface area is 189 Å². The second kappa shape index (κ2) is 9.33. The largest absolute Gasteiger partial charge is 0.417 e. The lowest BCUT2D eigenvalue weighted by atomic mass is 9.95. The first kappa shape index (κ1) is 22.3. The van der Waals surface area contributed by atoms with Crippen LogP contribution in [0.15, 0.2) is 66.9 Å². The minimum atomic E-state index is -4.43. The molecule has 1 saturated heterocycles. The number of amides is 1. The number of anilines is 1. The van der Waals surface area contributed by atoms with Crippen molar-refractivity contribution in [1.82, 2.24) is 9.88 Å². The maximum absolute atomic E-state index is 13.4. The molecule has 1 aromatic heterocycles. The SMILES string of the molecule is N#Cc1ccccc1-c1ccccc1C(=O)N1CCCN(c2ccc(C(F)(F)F)cn2)CC1. The van der Waals surface area contributed by atoms with E-state index in [2.05, 4.69) is 11.1 Å². The summed E-state index contributed by atoms with van der Waals surface area (Å²) >= 11 is 0. The molecule has 0 unspecified atom stereocenters. The number of nitriles is 1. The van der Waals surface area contributed by atoms with E-state index < -0.39 is 11.7 Å². The molecule has 2 heterocycles. The van der Waals surface area contributed by atoms with Gasteiger partial charge in [-0.3, -0.25) is 4.79 Å². The van der Waals surface area contributed by atoms with Gasteiger partial charge in [0.25, 0.3) is 5.91 Å². The molecule has 0 N–H and O–H groups in total. The molecule has 8 heteroatoms. The zero-order valence-electron chi connectivity index (χ0n) is 17.7. The van der Waals surface area contributed by atoms with E-state index >= 15 is 0 Å². The zero-order chi connectivity index (χ0) is 23.4. The van der Waals surface area contributed by atoms with Crippen LogP contribution in [-0.2, 0) is 6.18 Å². The summed E-state index contributed by atoms with van der Waals surface area (Å²) in [5.74, 6) is 0.321. The van der Waals surface area contributed by atoms with Crippen molar-refractivity contribution in [3.8, 4) is 17.2 Å². The number of alkyl halides is 3. The van der Waals surface area contributed by atoms with Crippen LogP contribution < -0.4 is 4.90 Å². The summed E-state index contributed by atoms with van der Waals surface area (Å²) < 4.78 is 38.4. The van der Waals surface area contributed by atoms with Gasteiger partial charge in [-0.05, 0) is 36.2 Å². The molecular formula is C25H21F3N4O. The average molecular weight is 450 g/mol. The van der Waals surface area contributed by atoms with Gasteiger partial charge in [-0.1, -0.05) is 36.4 Å². The third-order valence-corrected chi connectivity index (χ3v) is 5.68. The predicted octanol–water partition coefficient (Wildman–Crippen LogP) is 4.99. The second-order valence-corrected chi connectivity index (χ2v) is 7.74. The van der Waals surface area contributed by atoms with Gasteiger partial charge < -0.3 is 9.80 Å². The van der Waals surface area contributed by atoms with Crippen LogP contribution >= 0.6 is 0 Å². The van der Waals surface area contributed by atoms with Crippen molar-refractivity contribution in [1.29, 1.82) is 5.26 Å². The summed E-state index contributed by atoms with van der Waals surface area (Å²) in [6, 6.07) is 18.9. The van der Waals surface area contributed by atoms with Crippen molar-refractivity contribution >= 4 is 11.7 Å². The van der Waals surface area contributed by atoms with Crippen LogP contribution in [-0.4, -0.2) is 42.0 Å². The smallest absolute Gasteiger partial charge is 0.355 e. The minimum absolute atomic E-state index is 0.138. The lowest BCUT2D eigenvalue weighted by Gasteiger charge is -2.24. The van der Waals surface area contributed by atoms with E-state index in [9.17, 15) is 23.2 Å². The number of hydrogen-bond acceptors (Lipinski definition) is 4. The predicted molar refractivity (Wildman–Crippen MR) is 119 cm³/mol. The normalized spacial score (nSPS) is 14.5. The van der Waals surface area contributed by atoms with Gasteiger partial charge in [0.2, 0.25) is 0 Å². The van der Waals surface area contributed by atoms with Gasteiger partial charge in [0, 0.05) is 43.5 Å². The summed E-state index contributed by atoms with van der Waals surface area (Å²) in [6.07, 6.45) is -2.93. The van der Waals surface area contributed by atoms with Gasteiger partial charge in [-0.15, -0.1) is 0 Å². The Kier molecular flexibility index (Phi) is 6.31. The van der Waals surface area contributed by atoms with Crippen LogP contribution in [0.3, 0.4) is 0 Å². The van der Waals surface area contributed by atoms with Crippen LogP contribution in [0.5, 0.6) is 0 Å². The summed E-state index contributed by atoms with van der Waals surface area (Å²) in [7, 11) is 0. The lowest BCUT2D eigenvalue weighted by Crippen LogP contribution is -2.35. The lowest BCUT2D eigenvalue weighted by molar-refractivity contribution is -0.137. The van der Waals surface area contributed by atoms with E-state index in [0.717, 1.165) is 12.3 Å². The molecule has 1 aliphatic heterocycles. The Balaban J connectivity index is 1.53. The van der Waals surface area contributed by atoms with Crippen molar-refractivity contribution in [2.24, 2.45) is 0 Å². The van der Waals surface area contributed by atoms with E-state index in [-0.39, 0.29) is 5.91 Å². The number of benzene rings is 2. The fourth-order valence-corrected chi connectivity index (χ4v) is 3.98. The topological polar surface area (TPSA) is 60.2 Å². The molecule has 0 atom stereocenters. The van der Waals surface area contributed by atoms with Crippen LogP contribution in [0.2, 0.25) is 0 Å². The molecule has 1 amide bonds. The standard InChI is InChI=1S/C25H21F3N4O/c26-25(27,28)19-10-11-23(30-17-19)31-12-5-13-32(15-14-31)24(33)22-9-4-3-8-21(22)20-7-2-1-6-18(20)16-29/h1-4,6-11,17H,5,12-15H2. The molecule has 5 nitrogen and oxygen atoms in total. The molecule has 0 radical (unpaired) electrons. The quantitative estimate of drug-likeness (QED) is 0.564. The number of nitrogens with zero attached hydrogens (tertiary/aromatic N) is 4. The Hall–Kier alpha value is -3.86. The minimum Gasteiger partial charge on any atom is -0.355 e. The van der Waals surface area contributed by atoms with E-state index in [0.29, 0.717) is 60.7 Å². The summed E-state index contributed by atoms with van der Waals surface area (Å²) in [5.41, 5.74) is 1.63. The fraction of sp³-hybridized carbons (Fsp3) is 0.240. The molecule has 0 saturated carbocycles. The molecule has 1 fully saturated rings. The monoisotopic (exact) mass is 450 g/mol. The number of hydrogen-bond donors (Lipinski definition) is 0. The summed E-state index contributed by atoms with van der Waals surface area (Å²) in [4.78, 5) is 21.1. The maximum atomic E-state index is 13.4. The van der Waals surface area contributed by atoms with Crippen LogP contribution in [0.4, 0.5) is 19.0 Å². The van der Waals surface area contributed by atoms with Gasteiger partial charge in [0.05, 0.1) is 17.2 Å². The Bertz CT molecular complexity index is 1190. The van der Waals surface area contributed by atoms with Gasteiger partial charge in [0.15, 0.2) is 0 Å². The highest BCUT2D eigenvalue weighted by Crippen LogP contribution is 2.30. The van der Waals surface area contributed by atoms with Crippen molar-refractivity contribution in [2.75, 3.05) is 31.1 Å². The molecular weight excluding hydrogens is 429 g/mol. The number of pyridine rings is 1. The second-order valence-electron chi connectivity index (χ2n) is 7.74. The Morgan fingerprint density at radius 3 is 2.33 bits per heavy atom. The van der Waals surface area contributed by atoms with Gasteiger partial charge in [-0.25, -0.2) is 4.98 Å². The third-order valence-electron chi connectivity index (χ3n) is 5.68. The number of rotatable bonds is 3. The van der Waals surface area contributed by atoms with E-state index in [4.69, 9.17) is 0 Å². The summed E-state index contributed by atoms with van der Waals surface area (Å²) in [5, 5.41) is 9.48. The number of carbonyl (C=O) groups excluding carboxylic acids is 1. The van der Waals surface area contributed by atoms with Crippen molar-refractivity contribution in [3.63, 3.8) is 0 Å². The Morgan fingerprint density at radius 1 is 0.909 bits per heavy atom. The molecule has 2 aromatic carbocycles. The maximum Gasteiger partial charge on any atom is 0.417 e. The Morgan fingerprint density at radius 2 is 1.64 bits per heavy atom. The van der Waals surface area contributed by atoms with Gasteiger partial charge >= 0.3 is 6.18 Å². The molecule has 4 rings (SSSR count). The van der Waals surface area contributed by atoms with Gasteiger partial charge in [0.1, 0.15) is 5.82 Å². The van der Waals surface area contributed by atoms with Crippen molar-refractivity contribution in [3.05, 3.63) is 83.6 Å². The molecule has 0 spiro atoms. The highest BCUT2D eigenvalue weighted by Gasteiger charge is 2.31. The highest BCUT2D eigenvalue weighted by atomic mass is 19.4. The summed E-state index contributed by atoms with van der Waals surface area (Å²) in [6.45, 7) is 1.97. The van der Waals surface area contributed by atoms with Crippen molar-refractivity contribution in [2.45, 2.75) is 12.6 Å². The first-order chi connectivity index (χ1) is 15.9. The molecule has 168 valence electrons.